The Labute approximate surface area is 327 Å². The summed E-state index contributed by atoms with van der Waals surface area (Å²) in [5.74, 6) is 0. The third-order valence-corrected chi connectivity index (χ3v) is 10.8. The van der Waals surface area contributed by atoms with Crippen molar-refractivity contribution in [1.82, 2.24) is 4.57 Å². The smallest absolute Gasteiger partial charge is 0.0562 e. The molecule has 0 aliphatic carbocycles. The van der Waals surface area contributed by atoms with Crippen LogP contribution in [0.4, 0.5) is 17.1 Å². The maximum Gasteiger partial charge on any atom is 0.0562 e. The summed E-state index contributed by atoms with van der Waals surface area (Å²) < 4.78 is 2.47. The molecule has 2 nitrogen and oxygen atoms in total. The lowest BCUT2D eigenvalue weighted by Crippen LogP contribution is -2.10. The van der Waals surface area contributed by atoms with Crippen LogP contribution in [0, 0.1) is 0 Å². The van der Waals surface area contributed by atoms with Crippen LogP contribution < -0.4 is 4.90 Å². The Balaban J connectivity index is 1.23. The first kappa shape index (κ1) is 33.2. The molecular weight excluding hydrogens is 677 g/mol. The molecule has 0 saturated carbocycles. The number of hydrogen-bond acceptors (Lipinski definition) is 1. The zero-order valence-corrected chi connectivity index (χ0v) is 30.8. The van der Waals surface area contributed by atoms with Crippen molar-refractivity contribution in [2.24, 2.45) is 0 Å². The summed E-state index contributed by atoms with van der Waals surface area (Å²) in [6.07, 6.45) is 0. The van der Waals surface area contributed by atoms with Gasteiger partial charge in [0.15, 0.2) is 0 Å². The molecule has 9 aromatic carbocycles. The number of rotatable bonds is 8. The second-order valence-electron chi connectivity index (χ2n) is 14.1. The van der Waals surface area contributed by atoms with Crippen molar-refractivity contribution in [3.8, 4) is 50.2 Å². The van der Waals surface area contributed by atoms with E-state index in [4.69, 9.17) is 0 Å². The number of hydrogen-bond donors (Lipinski definition) is 0. The van der Waals surface area contributed by atoms with Gasteiger partial charge in [0.05, 0.1) is 22.4 Å². The molecule has 0 unspecified atom stereocenters. The van der Waals surface area contributed by atoms with E-state index in [9.17, 15) is 0 Å². The van der Waals surface area contributed by atoms with Gasteiger partial charge in [-0.25, -0.2) is 0 Å². The van der Waals surface area contributed by atoms with E-state index in [0.717, 1.165) is 33.8 Å². The molecule has 2 heteroatoms. The van der Waals surface area contributed by atoms with E-state index in [1.165, 1.54) is 55.3 Å². The lowest BCUT2D eigenvalue weighted by molar-refractivity contribution is 1.18. The summed E-state index contributed by atoms with van der Waals surface area (Å²) in [6, 6.07) is 83.0. The first-order valence-electron chi connectivity index (χ1n) is 19.2. The van der Waals surface area contributed by atoms with E-state index in [-0.39, 0.29) is 0 Å². The summed E-state index contributed by atoms with van der Waals surface area (Å²) >= 11 is 0. The van der Waals surface area contributed by atoms with Gasteiger partial charge >= 0.3 is 0 Å². The molecular formula is C54H38N2. The van der Waals surface area contributed by atoms with E-state index in [2.05, 4.69) is 240 Å². The van der Waals surface area contributed by atoms with Crippen LogP contribution in [0.1, 0.15) is 0 Å². The van der Waals surface area contributed by atoms with Crippen molar-refractivity contribution in [2.75, 3.05) is 4.90 Å². The predicted molar refractivity (Wildman–Crippen MR) is 237 cm³/mol. The zero-order chi connectivity index (χ0) is 37.3. The molecule has 0 fully saturated rings. The molecule has 10 aromatic rings. The number of nitrogens with zero attached hydrogens (tertiary/aromatic N) is 2. The molecule has 0 aliphatic heterocycles. The first-order valence-corrected chi connectivity index (χ1v) is 19.2. The number of fused-ring (bicyclic) bond motifs is 3. The van der Waals surface area contributed by atoms with Crippen LogP contribution in [0.2, 0.25) is 0 Å². The third-order valence-electron chi connectivity index (χ3n) is 10.8. The Bertz CT molecular complexity index is 2950. The summed E-state index contributed by atoms with van der Waals surface area (Å²) in [4.78, 5) is 2.42. The van der Waals surface area contributed by atoms with Gasteiger partial charge < -0.3 is 9.47 Å². The Kier molecular flexibility index (Phi) is 8.55. The minimum Gasteiger partial charge on any atom is -0.310 e. The number of para-hydroxylation sites is 2. The second kappa shape index (κ2) is 14.4. The second-order valence-corrected chi connectivity index (χ2v) is 14.1. The molecule has 0 aliphatic rings. The summed E-state index contributed by atoms with van der Waals surface area (Å²) in [5, 5.41) is 2.40. The van der Waals surface area contributed by atoms with E-state index in [1.54, 1.807) is 0 Å². The van der Waals surface area contributed by atoms with Crippen LogP contribution in [-0.4, -0.2) is 4.57 Å². The lowest BCUT2D eigenvalue weighted by atomic mass is 9.93. The molecule has 0 atom stereocenters. The highest BCUT2D eigenvalue weighted by atomic mass is 15.1. The molecule has 264 valence electrons. The molecule has 0 saturated heterocycles. The Hall–Kier alpha value is -7.42. The minimum atomic E-state index is 1.09. The van der Waals surface area contributed by atoms with Crippen LogP contribution in [0.5, 0.6) is 0 Å². The van der Waals surface area contributed by atoms with Gasteiger partial charge in [-0.3, -0.25) is 0 Å². The fraction of sp³-hybridized carbons (Fsp3) is 0. The molecule has 1 aromatic heterocycles. The van der Waals surface area contributed by atoms with Crippen LogP contribution in [0.3, 0.4) is 0 Å². The quantitative estimate of drug-likeness (QED) is 0.152. The predicted octanol–water partition coefficient (Wildman–Crippen LogP) is 14.9. The Morgan fingerprint density at radius 3 is 1.52 bits per heavy atom. The van der Waals surface area contributed by atoms with E-state index in [0.29, 0.717) is 0 Å². The molecule has 10 rings (SSSR count). The third kappa shape index (κ3) is 5.85. The Morgan fingerprint density at radius 2 is 0.804 bits per heavy atom. The van der Waals surface area contributed by atoms with Crippen molar-refractivity contribution in [3.63, 3.8) is 0 Å². The van der Waals surface area contributed by atoms with Crippen molar-refractivity contribution in [1.29, 1.82) is 0 Å². The van der Waals surface area contributed by atoms with Crippen LogP contribution >= 0.6 is 0 Å². The first-order chi connectivity index (χ1) is 27.8. The van der Waals surface area contributed by atoms with Gasteiger partial charge in [0, 0.05) is 27.7 Å². The van der Waals surface area contributed by atoms with Gasteiger partial charge in [-0.15, -0.1) is 0 Å². The maximum atomic E-state index is 2.47. The highest BCUT2D eigenvalue weighted by molar-refractivity contribution is 6.17. The van der Waals surface area contributed by atoms with Gasteiger partial charge in [0.1, 0.15) is 0 Å². The molecule has 0 amide bonds. The molecule has 1 heterocycles. The average molecular weight is 715 g/mol. The molecule has 0 N–H and O–H groups in total. The largest absolute Gasteiger partial charge is 0.310 e. The summed E-state index contributed by atoms with van der Waals surface area (Å²) in [6.45, 7) is 0. The van der Waals surface area contributed by atoms with Gasteiger partial charge in [0.25, 0.3) is 0 Å². The van der Waals surface area contributed by atoms with Gasteiger partial charge in [-0.2, -0.15) is 0 Å². The average Bonchev–Trinajstić information content (AvgIpc) is 3.62. The Morgan fingerprint density at radius 1 is 0.321 bits per heavy atom. The van der Waals surface area contributed by atoms with E-state index >= 15 is 0 Å². The zero-order valence-electron chi connectivity index (χ0n) is 30.8. The van der Waals surface area contributed by atoms with Crippen molar-refractivity contribution in [3.05, 3.63) is 231 Å². The topological polar surface area (TPSA) is 8.17 Å². The number of benzene rings is 9. The van der Waals surface area contributed by atoms with E-state index in [1.807, 2.05) is 0 Å². The highest BCUT2D eigenvalue weighted by Gasteiger charge is 2.23. The summed E-state index contributed by atoms with van der Waals surface area (Å²) in [7, 11) is 0. The molecule has 0 spiro atoms. The fourth-order valence-corrected chi connectivity index (χ4v) is 8.36. The monoisotopic (exact) mass is 714 g/mol. The maximum absolute atomic E-state index is 2.47. The minimum absolute atomic E-state index is 1.09. The normalized spacial score (nSPS) is 11.2. The van der Waals surface area contributed by atoms with Gasteiger partial charge in [0.2, 0.25) is 0 Å². The van der Waals surface area contributed by atoms with Crippen LogP contribution in [0.15, 0.2) is 231 Å². The molecule has 0 bridgehead atoms. The van der Waals surface area contributed by atoms with Gasteiger partial charge in [-0.05, 0) is 87.5 Å². The summed E-state index contributed by atoms with van der Waals surface area (Å²) in [5.41, 5.74) is 16.4. The van der Waals surface area contributed by atoms with Crippen LogP contribution in [0.25, 0.3) is 72.0 Å². The van der Waals surface area contributed by atoms with Gasteiger partial charge in [-0.1, -0.05) is 182 Å². The lowest BCUT2D eigenvalue weighted by Gasteiger charge is -2.27. The number of anilines is 3. The standard InChI is InChI=1S/C54H38N2/c1-5-20-39(21-6-1)45-30-13-14-31-46(45)42-26-17-29-44(38-42)55(43-27-11-4-12-28-43)51-36-19-37-52-54(51)48-32-15-16-34-49(48)56(52)50-35-18-33-47(40-22-7-2-8-23-40)53(50)41-24-9-3-10-25-41/h1-38H. The molecule has 0 radical (unpaired) electrons. The SMILES string of the molecule is c1ccc(-c2ccccc2-c2cccc(N(c3ccccc3)c3cccc4c3c3ccccc3n4-c3cccc(-c4ccccc4)c3-c3ccccc3)c2)cc1. The highest BCUT2D eigenvalue weighted by Crippen LogP contribution is 2.47. The van der Waals surface area contributed by atoms with Crippen LogP contribution in [-0.2, 0) is 0 Å². The number of aromatic nitrogens is 1. The van der Waals surface area contributed by atoms with E-state index < -0.39 is 0 Å². The van der Waals surface area contributed by atoms with Crippen molar-refractivity contribution in [2.45, 2.75) is 0 Å². The van der Waals surface area contributed by atoms with Crippen molar-refractivity contribution < 1.29 is 0 Å². The van der Waals surface area contributed by atoms with Crippen molar-refractivity contribution >= 4 is 38.9 Å². The fourth-order valence-electron chi connectivity index (χ4n) is 8.36. The molecule has 56 heavy (non-hydrogen) atoms.